The lowest BCUT2D eigenvalue weighted by Gasteiger charge is -2.16. The van der Waals surface area contributed by atoms with E-state index in [9.17, 15) is 9.59 Å². The number of hydrogen-bond acceptors (Lipinski definition) is 6. The van der Waals surface area contributed by atoms with E-state index in [-0.39, 0.29) is 11.3 Å². The van der Waals surface area contributed by atoms with Crippen LogP contribution in [-0.2, 0) is 9.59 Å². The zero-order valence-electron chi connectivity index (χ0n) is 19.3. The van der Waals surface area contributed by atoms with Gasteiger partial charge in [0.25, 0.3) is 11.8 Å². The zero-order valence-corrected chi connectivity index (χ0v) is 19.3. The summed E-state index contributed by atoms with van der Waals surface area (Å²) in [7, 11) is 3.07. The Bertz CT molecular complexity index is 1370. The number of rotatable bonds is 6. The topological polar surface area (TPSA) is 91.7 Å². The van der Waals surface area contributed by atoms with E-state index in [1.165, 1.54) is 7.11 Å². The van der Waals surface area contributed by atoms with Gasteiger partial charge in [0.05, 0.1) is 42.8 Å². The summed E-state index contributed by atoms with van der Waals surface area (Å²) in [6.45, 7) is 3.94. The van der Waals surface area contributed by atoms with Crippen LogP contribution in [0.1, 0.15) is 22.3 Å². The largest absolute Gasteiger partial charge is 0.497 e. The van der Waals surface area contributed by atoms with Crippen LogP contribution in [0.2, 0.25) is 0 Å². The van der Waals surface area contributed by atoms with Crippen molar-refractivity contribution in [1.29, 1.82) is 5.26 Å². The Balaban J connectivity index is 1.86. The number of carbonyl (C=O) groups excluding carboxylic acids is 2. The number of carbonyl (C=O) groups is 2. The first-order chi connectivity index (χ1) is 16.4. The number of aryl methyl sites for hydroxylation is 2. The molecule has 0 radical (unpaired) electrons. The molecule has 1 heterocycles. The highest BCUT2D eigenvalue weighted by Gasteiger charge is 2.40. The van der Waals surface area contributed by atoms with E-state index < -0.39 is 11.8 Å². The average Bonchev–Trinajstić information content (AvgIpc) is 3.09. The fourth-order valence-corrected chi connectivity index (χ4v) is 3.78. The van der Waals surface area contributed by atoms with Crippen molar-refractivity contribution in [2.24, 2.45) is 0 Å². The van der Waals surface area contributed by atoms with Crippen LogP contribution >= 0.6 is 0 Å². The van der Waals surface area contributed by atoms with Crippen LogP contribution in [0.5, 0.6) is 11.5 Å². The molecule has 1 N–H and O–H groups in total. The van der Waals surface area contributed by atoms with E-state index in [0.717, 1.165) is 16.0 Å². The van der Waals surface area contributed by atoms with Crippen LogP contribution < -0.4 is 19.7 Å². The number of ether oxygens (including phenoxy) is 2. The number of nitriles is 1. The first-order valence-corrected chi connectivity index (χ1v) is 10.6. The fourth-order valence-electron chi connectivity index (χ4n) is 3.78. The Labute approximate surface area is 197 Å². The van der Waals surface area contributed by atoms with Gasteiger partial charge in [0.2, 0.25) is 0 Å². The summed E-state index contributed by atoms with van der Waals surface area (Å²) >= 11 is 0. The summed E-state index contributed by atoms with van der Waals surface area (Å²) in [5, 5.41) is 12.2. The van der Waals surface area contributed by atoms with E-state index in [1.54, 1.807) is 49.6 Å². The molecule has 34 heavy (non-hydrogen) atoms. The Morgan fingerprint density at radius 1 is 0.853 bits per heavy atom. The molecular formula is C27H23N3O4. The third kappa shape index (κ3) is 3.97. The summed E-state index contributed by atoms with van der Waals surface area (Å²) in [5.74, 6) is 0.0947. The van der Waals surface area contributed by atoms with Crippen molar-refractivity contribution in [1.82, 2.24) is 0 Å². The Hall–Kier alpha value is -4.57. The van der Waals surface area contributed by atoms with E-state index in [2.05, 4.69) is 5.32 Å². The van der Waals surface area contributed by atoms with Crippen molar-refractivity contribution < 1.29 is 19.1 Å². The second kappa shape index (κ2) is 9.12. The maximum Gasteiger partial charge on any atom is 0.282 e. The molecule has 0 atom stereocenters. The predicted octanol–water partition coefficient (Wildman–Crippen LogP) is 4.59. The third-order valence-corrected chi connectivity index (χ3v) is 5.80. The van der Waals surface area contributed by atoms with Crippen LogP contribution in [0, 0.1) is 25.2 Å². The summed E-state index contributed by atoms with van der Waals surface area (Å²) in [6.07, 6.45) is 0. The van der Waals surface area contributed by atoms with Gasteiger partial charge in [0, 0.05) is 6.07 Å². The van der Waals surface area contributed by atoms with Gasteiger partial charge in [-0.05, 0) is 66.9 Å². The van der Waals surface area contributed by atoms with Crippen LogP contribution in [0.3, 0.4) is 0 Å². The number of amides is 2. The minimum absolute atomic E-state index is 0.129. The van der Waals surface area contributed by atoms with Crippen molar-refractivity contribution in [3.63, 3.8) is 0 Å². The molecule has 3 aromatic rings. The Morgan fingerprint density at radius 2 is 1.59 bits per heavy atom. The Morgan fingerprint density at radius 3 is 2.21 bits per heavy atom. The molecule has 0 aliphatic carbocycles. The van der Waals surface area contributed by atoms with Crippen LogP contribution in [-0.4, -0.2) is 26.0 Å². The third-order valence-electron chi connectivity index (χ3n) is 5.80. The number of methoxy groups -OCH3 is 2. The van der Waals surface area contributed by atoms with Gasteiger partial charge in [-0.25, -0.2) is 4.90 Å². The molecule has 1 aliphatic heterocycles. The zero-order chi connectivity index (χ0) is 24.4. The molecule has 4 rings (SSSR count). The second-order valence-corrected chi connectivity index (χ2v) is 7.84. The monoisotopic (exact) mass is 453 g/mol. The Kier molecular flexibility index (Phi) is 6.07. The van der Waals surface area contributed by atoms with E-state index in [1.807, 2.05) is 38.1 Å². The first-order valence-electron chi connectivity index (χ1n) is 10.6. The molecule has 1 aliphatic rings. The SMILES string of the molecule is COc1ccc(OC)c(NC2=C(c3ccc(C)c(C)c3)C(=O)N(c3ccc(C#N)cc3)C2=O)c1. The quantitative estimate of drug-likeness (QED) is 0.549. The molecule has 2 amide bonds. The molecule has 0 spiro atoms. The van der Waals surface area contributed by atoms with Gasteiger partial charge in [-0.2, -0.15) is 5.26 Å². The molecule has 0 saturated heterocycles. The van der Waals surface area contributed by atoms with Crippen molar-refractivity contribution in [3.05, 3.63) is 88.6 Å². The van der Waals surface area contributed by atoms with Gasteiger partial charge < -0.3 is 14.8 Å². The molecule has 0 aromatic heterocycles. The van der Waals surface area contributed by atoms with Gasteiger partial charge in [0.15, 0.2) is 0 Å². The molecule has 7 nitrogen and oxygen atoms in total. The normalized spacial score (nSPS) is 13.2. The van der Waals surface area contributed by atoms with Crippen LogP contribution in [0.4, 0.5) is 11.4 Å². The average molecular weight is 453 g/mol. The van der Waals surface area contributed by atoms with Gasteiger partial charge >= 0.3 is 0 Å². The highest BCUT2D eigenvalue weighted by molar-refractivity contribution is 6.46. The summed E-state index contributed by atoms with van der Waals surface area (Å²) in [5.41, 5.74) is 4.39. The van der Waals surface area contributed by atoms with Crippen molar-refractivity contribution in [2.45, 2.75) is 13.8 Å². The van der Waals surface area contributed by atoms with E-state index in [0.29, 0.717) is 34.0 Å². The molecule has 0 unspecified atom stereocenters. The van der Waals surface area contributed by atoms with Crippen LogP contribution in [0.15, 0.2) is 66.4 Å². The highest BCUT2D eigenvalue weighted by Crippen LogP contribution is 2.37. The lowest BCUT2D eigenvalue weighted by molar-refractivity contribution is -0.120. The van der Waals surface area contributed by atoms with Crippen molar-refractivity contribution in [3.8, 4) is 17.6 Å². The fraction of sp³-hybridized carbons (Fsp3) is 0.148. The van der Waals surface area contributed by atoms with Gasteiger partial charge in [-0.15, -0.1) is 0 Å². The minimum atomic E-state index is -0.507. The number of anilines is 2. The second-order valence-electron chi connectivity index (χ2n) is 7.84. The molecule has 7 heteroatoms. The predicted molar refractivity (Wildman–Crippen MR) is 130 cm³/mol. The molecule has 3 aromatic carbocycles. The standard InChI is InChI=1S/C27H23N3O4/c1-16-5-8-19(13-17(16)2)24-25(29-22-14-21(33-3)11-12-23(22)34-4)27(32)30(26(24)31)20-9-6-18(15-28)7-10-20/h5-14,29H,1-4H3. The number of hydrogen-bond donors (Lipinski definition) is 1. The number of imide groups is 1. The summed E-state index contributed by atoms with van der Waals surface area (Å²) < 4.78 is 10.8. The van der Waals surface area contributed by atoms with Gasteiger partial charge in [-0.3, -0.25) is 9.59 Å². The smallest absolute Gasteiger partial charge is 0.282 e. The van der Waals surface area contributed by atoms with E-state index >= 15 is 0 Å². The first kappa shape index (κ1) is 22.6. The van der Waals surface area contributed by atoms with Crippen molar-refractivity contribution in [2.75, 3.05) is 24.4 Å². The molecular weight excluding hydrogens is 430 g/mol. The summed E-state index contributed by atoms with van der Waals surface area (Å²) in [6, 6.07) is 19.2. The molecule has 0 saturated carbocycles. The van der Waals surface area contributed by atoms with Crippen LogP contribution in [0.25, 0.3) is 5.57 Å². The minimum Gasteiger partial charge on any atom is -0.497 e. The van der Waals surface area contributed by atoms with E-state index in [4.69, 9.17) is 14.7 Å². The number of nitrogens with one attached hydrogen (secondary N) is 1. The number of nitrogens with zero attached hydrogens (tertiary/aromatic N) is 2. The van der Waals surface area contributed by atoms with Gasteiger partial charge in [-0.1, -0.05) is 18.2 Å². The molecule has 0 fully saturated rings. The maximum atomic E-state index is 13.6. The lowest BCUT2D eigenvalue weighted by Crippen LogP contribution is -2.32. The summed E-state index contributed by atoms with van der Waals surface area (Å²) in [4.78, 5) is 28.4. The lowest BCUT2D eigenvalue weighted by atomic mass is 9.99. The van der Waals surface area contributed by atoms with Crippen molar-refractivity contribution >= 4 is 28.8 Å². The van der Waals surface area contributed by atoms with Gasteiger partial charge in [0.1, 0.15) is 17.2 Å². The molecule has 0 bridgehead atoms. The molecule has 170 valence electrons. The maximum absolute atomic E-state index is 13.6. The number of benzene rings is 3. The highest BCUT2D eigenvalue weighted by atomic mass is 16.5.